The molecule has 0 saturated carbocycles. The van der Waals surface area contributed by atoms with Crippen LogP contribution in [-0.2, 0) is 0 Å². The Hall–Kier alpha value is 0. The normalized spacial score (nSPS) is 14.1. The topological polar surface area (TPSA) is 0 Å². The van der Waals surface area contributed by atoms with Crippen LogP contribution in [0, 0.1) is 17.8 Å². The Morgan fingerprint density at radius 1 is 0.692 bits per heavy atom. The van der Waals surface area contributed by atoms with Crippen LogP contribution in [-0.4, -0.2) is 0 Å². The smallest absolute Gasteiger partial charge is 0.0412 e. The van der Waals surface area contributed by atoms with Crippen molar-refractivity contribution in [3.05, 3.63) is 0 Å². The molecule has 0 nitrogen and oxygen atoms in total. The summed E-state index contributed by atoms with van der Waals surface area (Å²) in [5.74, 6) is 2.83. The lowest BCUT2D eigenvalue weighted by atomic mass is 9.84. The maximum Gasteiger partial charge on any atom is -0.0412 e. The first kappa shape index (κ1) is 13.0. The largest absolute Gasteiger partial charge is 0.0651 e. The third-order valence-corrected chi connectivity index (χ3v) is 3.20. The highest BCUT2D eigenvalue weighted by molar-refractivity contribution is 4.65. The minimum absolute atomic E-state index is 0.874. The molecule has 0 aromatic rings. The van der Waals surface area contributed by atoms with Gasteiger partial charge in [0.05, 0.1) is 0 Å². The predicted molar refractivity (Wildman–Crippen MR) is 61.9 cm³/mol. The molecule has 0 bridgehead atoms. The molecule has 13 heavy (non-hydrogen) atoms. The standard InChI is InChI=1S/C13H28/c1-6-12(7-2)10-13(8-3)9-11(4)5/h11-13H,6-10H2,1-5H3. The van der Waals surface area contributed by atoms with Crippen molar-refractivity contribution < 1.29 is 0 Å². The molecule has 1 unspecified atom stereocenters. The van der Waals surface area contributed by atoms with Gasteiger partial charge >= 0.3 is 0 Å². The summed E-state index contributed by atoms with van der Waals surface area (Å²) >= 11 is 0. The molecule has 0 fully saturated rings. The maximum absolute atomic E-state index is 2.34. The van der Waals surface area contributed by atoms with Gasteiger partial charge in [-0.1, -0.05) is 53.9 Å². The first-order valence-corrected chi connectivity index (χ1v) is 6.13. The van der Waals surface area contributed by atoms with Crippen molar-refractivity contribution in [1.29, 1.82) is 0 Å². The van der Waals surface area contributed by atoms with Gasteiger partial charge in [0.2, 0.25) is 0 Å². The molecular formula is C13H28. The average Bonchev–Trinajstić information content (AvgIpc) is 2.11. The van der Waals surface area contributed by atoms with E-state index in [2.05, 4.69) is 34.6 Å². The second-order valence-electron chi connectivity index (χ2n) is 4.82. The molecule has 0 radical (unpaired) electrons. The van der Waals surface area contributed by atoms with Gasteiger partial charge in [0.25, 0.3) is 0 Å². The molecule has 80 valence electrons. The zero-order chi connectivity index (χ0) is 10.3. The molecule has 0 N–H and O–H groups in total. The highest BCUT2D eigenvalue weighted by Crippen LogP contribution is 2.26. The summed E-state index contributed by atoms with van der Waals surface area (Å²) in [4.78, 5) is 0. The summed E-state index contributed by atoms with van der Waals surface area (Å²) in [7, 11) is 0. The van der Waals surface area contributed by atoms with Crippen LogP contribution < -0.4 is 0 Å². The van der Waals surface area contributed by atoms with Crippen LogP contribution >= 0.6 is 0 Å². The van der Waals surface area contributed by atoms with Gasteiger partial charge in [0, 0.05) is 0 Å². The van der Waals surface area contributed by atoms with Gasteiger partial charge in [-0.3, -0.25) is 0 Å². The Bertz CT molecular complexity index is 101. The van der Waals surface area contributed by atoms with Crippen LogP contribution in [0.15, 0.2) is 0 Å². The van der Waals surface area contributed by atoms with Crippen LogP contribution in [0.2, 0.25) is 0 Å². The number of hydrogen-bond acceptors (Lipinski definition) is 0. The molecule has 0 spiro atoms. The van der Waals surface area contributed by atoms with Crippen molar-refractivity contribution in [3.8, 4) is 0 Å². The number of rotatable bonds is 7. The van der Waals surface area contributed by atoms with Gasteiger partial charge in [-0.05, 0) is 30.6 Å². The quantitative estimate of drug-likeness (QED) is 0.528. The van der Waals surface area contributed by atoms with Crippen molar-refractivity contribution in [2.75, 3.05) is 0 Å². The van der Waals surface area contributed by atoms with E-state index >= 15 is 0 Å². The van der Waals surface area contributed by atoms with E-state index in [0.717, 1.165) is 17.8 Å². The fraction of sp³-hybridized carbons (Fsp3) is 1.00. The Balaban J connectivity index is 3.80. The molecule has 0 amide bonds. The van der Waals surface area contributed by atoms with E-state index in [1.807, 2.05) is 0 Å². The Morgan fingerprint density at radius 3 is 1.46 bits per heavy atom. The summed E-state index contributed by atoms with van der Waals surface area (Å²) in [6.45, 7) is 11.7. The fourth-order valence-corrected chi connectivity index (χ4v) is 2.19. The monoisotopic (exact) mass is 184 g/mol. The zero-order valence-corrected chi connectivity index (χ0v) is 10.3. The third kappa shape index (κ3) is 6.12. The molecule has 0 aliphatic carbocycles. The predicted octanol–water partition coefficient (Wildman–Crippen LogP) is 4.89. The number of hydrogen-bond donors (Lipinski definition) is 0. The highest BCUT2D eigenvalue weighted by atomic mass is 14.2. The molecular weight excluding hydrogens is 156 g/mol. The molecule has 0 rings (SSSR count). The Labute approximate surface area is 85.1 Å². The van der Waals surface area contributed by atoms with Crippen molar-refractivity contribution in [1.82, 2.24) is 0 Å². The fourth-order valence-electron chi connectivity index (χ4n) is 2.19. The Morgan fingerprint density at radius 2 is 1.15 bits per heavy atom. The first-order valence-electron chi connectivity index (χ1n) is 6.13. The van der Waals surface area contributed by atoms with Gasteiger partial charge in [-0.25, -0.2) is 0 Å². The van der Waals surface area contributed by atoms with Gasteiger partial charge in [-0.15, -0.1) is 0 Å². The third-order valence-electron chi connectivity index (χ3n) is 3.20. The van der Waals surface area contributed by atoms with Gasteiger partial charge < -0.3 is 0 Å². The molecule has 0 aromatic carbocycles. The summed E-state index contributed by atoms with van der Waals surface area (Å²) in [5.41, 5.74) is 0. The lowest BCUT2D eigenvalue weighted by molar-refractivity contribution is 0.302. The van der Waals surface area contributed by atoms with E-state index < -0.39 is 0 Å². The lowest BCUT2D eigenvalue weighted by Crippen LogP contribution is -2.09. The van der Waals surface area contributed by atoms with E-state index in [0.29, 0.717) is 0 Å². The minimum atomic E-state index is 0.874. The summed E-state index contributed by atoms with van der Waals surface area (Å²) < 4.78 is 0. The molecule has 0 heterocycles. The van der Waals surface area contributed by atoms with Crippen molar-refractivity contribution in [2.45, 2.75) is 66.7 Å². The van der Waals surface area contributed by atoms with E-state index in [4.69, 9.17) is 0 Å². The zero-order valence-electron chi connectivity index (χ0n) is 10.3. The second kappa shape index (κ2) is 7.41. The van der Waals surface area contributed by atoms with Gasteiger partial charge in [0.1, 0.15) is 0 Å². The molecule has 0 heteroatoms. The Kier molecular flexibility index (Phi) is 7.41. The summed E-state index contributed by atoms with van der Waals surface area (Å²) in [6, 6.07) is 0. The average molecular weight is 184 g/mol. The van der Waals surface area contributed by atoms with E-state index in [-0.39, 0.29) is 0 Å². The lowest BCUT2D eigenvalue weighted by Gasteiger charge is -2.22. The van der Waals surface area contributed by atoms with Gasteiger partial charge in [-0.2, -0.15) is 0 Å². The van der Waals surface area contributed by atoms with Crippen LogP contribution in [0.25, 0.3) is 0 Å². The molecule has 0 aromatic heterocycles. The minimum Gasteiger partial charge on any atom is -0.0651 e. The summed E-state index contributed by atoms with van der Waals surface area (Å²) in [6.07, 6.45) is 6.99. The van der Waals surface area contributed by atoms with Crippen molar-refractivity contribution >= 4 is 0 Å². The molecule has 0 aliphatic rings. The van der Waals surface area contributed by atoms with E-state index in [1.165, 1.54) is 32.1 Å². The molecule has 1 atom stereocenters. The highest BCUT2D eigenvalue weighted by Gasteiger charge is 2.13. The SMILES string of the molecule is CCC(CC)CC(CC)CC(C)C. The van der Waals surface area contributed by atoms with Crippen molar-refractivity contribution in [3.63, 3.8) is 0 Å². The van der Waals surface area contributed by atoms with Crippen LogP contribution in [0.5, 0.6) is 0 Å². The van der Waals surface area contributed by atoms with Gasteiger partial charge in [0.15, 0.2) is 0 Å². The van der Waals surface area contributed by atoms with Crippen LogP contribution in [0.1, 0.15) is 66.7 Å². The van der Waals surface area contributed by atoms with Crippen LogP contribution in [0.3, 0.4) is 0 Å². The van der Waals surface area contributed by atoms with Crippen LogP contribution in [0.4, 0.5) is 0 Å². The summed E-state index contributed by atoms with van der Waals surface area (Å²) in [5, 5.41) is 0. The van der Waals surface area contributed by atoms with E-state index in [1.54, 1.807) is 0 Å². The van der Waals surface area contributed by atoms with E-state index in [9.17, 15) is 0 Å². The molecule has 0 aliphatic heterocycles. The molecule has 0 saturated heterocycles. The van der Waals surface area contributed by atoms with Crippen molar-refractivity contribution in [2.24, 2.45) is 17.8 Å². The first-order chi connectivity index (χ1) is 6.13. The second-order valence-corrected chi connectivity index (χ2v) is 4.82. The maximum atomic E-state index is 2.34.